The van der Waals surface area contributed by atoms with E-state index in [0.717, 1.165) is 27.3 Å². The van der Waals surface area contributed by atoms with Gasteiger partial charge in [0.1, 0.15) is 0 Å². The molecule has 5 aromatic rings. The summed E-state index contributed by atoms with van der Waals surface area (Å²) in [7, 11) is 0. The number of hydrogen-bond acceptors (Lipinski definition) is 1. The minimum Gasteiger partial charge on any atom is -0.192 e. The maximum atomic E-state index is 9.67. The van der Waals surface area contributed by atoms with Gasteiger partial charge in [0, 0.05) is 5.39 Å². The number of fused-ring (bicyclic) bond motifs is 5. The van der Waals surface area contributed by atoms with E-state index in [2.05, 4.69) is 85.0 Å². The van der Waals surface area contributed by atoms with Gasteiger partial charge in [-0.05, 0) is 50.2 Å². The van der Waals surface area contributed by atoms with Crippen molar-refractivity contribution in [2.45, 2.75) is 0 Å². The lowest BCUT2D eigenvalue weighted by Crippen LogP contribution is -1.86. The summed E-state index contributed by atoms with van der Waals surface area (Å²) in [6.45, 7) is 0. The van der Waals surface area contributed by atoms with E-state index in [1.165, 1.54) is 21.7 Å². The van der Waals surface area contributed by atoms with Crippen LogP contribution in [0.3, 0.4) is 0 Å². The van der Waals surface area contributed by atoms with E-state index in [1.807, 2.05) is 24.3 Å². The van der Waals surface area contributed by atoms with Gasteiger partial charge in [-0.25, -0.2) is 0 Å². The zero-order valence-electron chi connectivity index (χ0n) is 15.3. The van der Waals surface area contributed by atoms with Crippen LogP contribution in [0, 0.1) is 11.3 Å². The Balaban J connectivity index is 1.81. The third-order valence-electron chi connectivity index (χ3n) is 5.25. The molecule has 1 heteroatoms. The Hall–Kier alpha value is -3.89. The zero-order chi connectivity index (χ0) is 18.9. The van der Waals surface area contributed by atoms with Crippen molar-refractivity contribution < 1.29 is 0 Å². The molecule has 0 bridgehead atoms. The molecule has 1 nitrogen and oxygen atoms in total. The lowest BCUT2D eigenvalue weighted by atomic mass is 9.92. The van der Waals surface area contributed by atoms with Gasteiger partial charge in [0.2, 0.25) is 0 Å². The van der Waals surface area contributed by atoms with Crippen LogP contribution in [-0.4, -0.2) is 0 Å². The van der Waals surface area contributed by atoms with Crippen LogP contribution in [0.15, 0.2) is 91.0 Å². The van der Waals surface area contributed by atoms with Crippen molar-refractivity contribution in [1.29, 1.82) is 5.26 Å². The molecular formula is C27H17N. The highest BCUT2D eigenvalue weighted by molar-refractivity contribution is 6.21. The van der Waals surface area contributed by atoms with Crippen molar-refractivity contribution in [3.63, 3.8) is 0 Å². The minimum atomic E-state index is 0.719. The Labute approximate surface area is 163 Å². The molecule has 0 N–H and O–H groups in total. The van der Waals surface area contributed by atoms with Crippen LogP contribution in [-0.2, 0) is 0 Å². The fraction of sp³-hybridized carbons (Fsp3) is 0. The highest BCUT2D eigenvalue weighted by atomic mass is 14.2. The highest BCUT2D eigenvalue weighted by Gasteiger charge is 2.10. The molecule has 0 unspecified atom stereocenters. The molecular weight excluding hydrogens is 338 g/mol. The molecule has 0 atom stereocenters. The van der Waals surface area contributed by atoms with Crippen molar-refractivity contribution in [3.05, 3.63) is 108 Å². The van der Waals surface area contributed by atoms with Gasteiger partial charge < -0.3 is 0 Å². The first-order valence-electron chi connectivity index (χ1n) is 9.35. The Morgan fingerprint density at radius 3 is 2.18 bits per heavy atom. The first-order valence-corrected chi connectivity index (χ1v) is 9.35. The second-order valence-corrected chi connectivity index (χ2v) is 6.97. The maximum Gasteiger partial charge on any atom is 0.0998 e. The summed E-state index contributed by atoms with van der Waals surface area (Å²) in [4.78, 5) is 0. The Morgan fingerprint density at radius 1 is 0.571 bits per heavy atom. The molecule has 0 fully saturated rings. The van der Waals surface area contributed by atoms with Crippen LogP contribution in [0.4, 0.5) is 0 Å². The topological polar surface area (TPSA) is 23.8 Å². The molecule has 0 saturated carbocycles. The number of nitrogens with zero attached hydrogens (tertiary/aromatic N) is 1. The van der Waals surface area contributed by atoms with E-state index >= 15 is 0 Å². The normalized spacial score (nSPS) is 11.4. The SMILES string of the molecule is N#Cc1cc2ccc3ccccc3c2c2cc(/C=C/c3ccccc3)ccc12. The van der Waals surface area contributed by atoms with Crippen LogP contribution < -0.4 is 0 Å². The standard InChI is InChI=1S/C27H17N/c28-18-23-17-22-14-13-21-8-4-5-9-25(21)27(22)26-16-20(12-15-24(23)26)11-10-19-6-2-1-3-7-19/h1-17H/b11-10+. The van der Waals surface area contributed by atoms with Crippen LogP contribution in [0.1, 0.15) is 16.7 Å². The summed E-state index contributed by atoms with van der Waals surface area (Å²) < 4.78 is 0. The molecule has 0 radical (unpaired) electrons. The fourth-order valence-electron chi connectivity index (χ4n) is 3.90. The molecule has 0 saturated heterocycles. The van der Waals surface area contributed by atoms with E-state index < -0.39 is 0 Å². The van der Waals surface area contributed by atoms with Crippen molar-refractivity contribution in [2.75, 3.05) is 0 Å². The predicted octanol–water partition coefficient (Wildman–Crippen LogP) is 7.19. The maximum absolute atomic E-state index is 9.67. The highest BCUT2D eigenvalue weighted by Crippen LogP contribution is 2.34. The smallest absolute Gasteiger partial charge is 0.0998 e. The molecule has 0 aliphatic carbocycles. The Morgan fingerprint density at radius 2 is 1.32 bits per heavy atom. The largest absolute Gasteiger partial charge is 0.192 e. The summed E-state index contributed by atoms with van der Waals surface area (Å²) >= 11 is 0. The lowest BCUT2D eigenvalue weighted by Gasteiger charge is -2.10. The van der Waals surface area contributed by atoms with Crippen molar-refractivity contribution in [2.24, 2.45) is 0 Å². The van der Waals surface area contributed by atoms with Crippen LogP contribution >= 0.6 is 0 Å². The first-order chi connectivity index (χ1) is 13.8. The summed E-state index contributed by atoms with van der Waals surface area (Å²) in [5.41, 5.74) is 3.01. The zero-order valence-corrected chi connectivity index (χ0v) is 15.3. The third-order valence-corrected chi connectivity index (χ3v) is 5.25. The average molecular weight is 355 g/mol. The molecule has 0 aliphatic heterocycles. The third kappa shape index (κ3) is 2.73. The minimum absolute atomic E-state index is 0.719. The second-order valence-electron chi connectivity index (χ2n) is 6.97. The summed E-state index contributed by atoms with van der Waals surface area (Å²) in [5, 5.41) is 16.5. The average Bonchev–Trinajstić information content (AvgIpc) is 2.77. The first kappa shape index (κ1) is 16.3. The second kappa shape index (κ2) is 6.68. The van der Waals surface area contributed by atoms with Gasteiger partial charge in [0.25, 0.3) is 0 Å². The van der Waals surface area contributed by atoms with E-state index in [9.17, 15) is 5.26 Å². The van der Waals surface area contributed by atoms with Gasteiger partial charge in [-0.15, -0.1) is 0 Å². The van der Waals surface area contributed by atoms with Gasteiger partial charge in [0.05, 0.1) is 11.6 Å². The van der Waals surface area contributed by atoms with Crippen LogP contribution in [0.5, 0.6) is 0 Å². The van der Waals surface area contributed by atoms with Crippen molar-refractivity contribution in [1.82, 2.24) is 0 Å². The summed E-state index contributed by atoms with van der Waals surface area (Å²) in [6, 6.07) is 33.7. The molecule has 5 aromatic carbocycles. The molecule has 130 valence electrons. The number of rotatable bonds is 2. The quantitative estimate of drug-likeness (QED) is 0.243. The number of benzene rings is 5. The van der Waals surface area contributed by atoms with Crippen LogP contribution in [0.25, 0.3) is 44.5 Å². The van der Waals surface area contributed by atoms with Gasteiger partial charge in [-0.2, -0.15) is 5.26 Å². The summed E-state index contributed by atoms with van der Waals surface area (Å²) in [5.74, 6) is 0. The molecule has 0 aromatic heterocycles. The molecule has 0 spiro atoms. The fourth-order valence-corrected chi connectivity index (χ4v) is 3.90. The van der Waals surface area contributed by atoms with Crippen molar-refractivity contribution >= 4 is 44.5 Å². The molecule has 0 amide bonds. The van der Waals surface area contributed by atoms with Gasteiger partial charge in [-0.1, -0.05) is 91.0 Å². The van der Waals surface area contributed by atoms with Gasteiger partial charge in [-0.3, -0.25) is 0 Å². The van der Waals surface area contributed by atoms with Crippen LogP contribution in [0.2, 0.25) is 0 Å². The van der Waals surface area contributed by atoms with Gasteiger partial charge >= 0.3 is 0 Å². The van der Waals surface area contributed by atoms with E-state index in [1.54, 1.807) is 0 Å². The molecule has 0 aliphatic rings. The lowest BCUT2D eigenvalue weighted by molar-refractivity contribution is 1.51. The number of hydrogen-bond donors (Lipinski definition) is 0. The molecule has 5 rings (SSSR count). The van der Waals surface area contributed by atoms with Gasteiger partial charge in [0.15, 0.2) is 0 Å². The molecule has 0 heterocycles. The monoisotopic (exact) mass is 355 g/mol. The van der Waals surface area contributed by atoms with E-state index in [-0.39, 0.29) is 0 Å². The van der Waals surface area contributed by atoms with E-state index in [0.29, 0.717) is 0 Å². The summed E-state index contributed by atoms with van der Waals surface area (Å²) in [6.07, 6.45) is 4.25. The Bertz CT molecular complexity index is 1400. The number of nitriles is 1. The predicted molar refractivity (Wildman–Crippen MR) is 119 cm³/mol. The Kier molecular flexibility index (Phi) is 3.89. The molecule has 28 heavy (non-hydrogen) atoms. The van der Waals surface area contributed by atoms with Crippen molar-refractivity contribution in [3.8, 4) is 6.07 Å². The van der Waals surface area contributed by atoms with E-state index in [4.69, 9.17) is 0 Å².